The second kappa shape index (κ2) is 6.66. The molecule has 0 spiro atoms. The van der Waals surface area contributed by atoms with E-state index >= 15 is 0 Å². The summed E-state index contributed by atoms with van der Waals surface area (Å²) in [6, 6.07) is 5.40. The summed E-state index contributed by atoms with van der Waals surface area (Å²) in [5.41, 5.74) is 7.02. The van der Waals surface area contributed by atoms with Crippen LogP contribution in [0.2, 0.25) is 0 Å². The quantitative estimate of drug-likeness (QED) is 0.730. The van der Waals surface area contributed by atoms with Gasteiger partial charge in [-0.3, -0.25) is 0 Å². The van der Waals surface area contributed by atoms with Crippen molar-refractivity contribution in [3.63, 3.8) is 0 Å². The van der Waals surface area contributed by atoms with Crippen molar-refractivity contribution < 1.29 is 8.42 Å². The molecule has 118 valence electrons. The molecule has 1 atom stereocenters. The Balaban J connectivity index is 2.09. The Labute approximate surface area is 127 Å². The smallest absolute Gasteiger partial charge is 0.242 e. The third-order valence-corrected chi connectivity index (χ3v) is 5.81. The van der Waals surface area contributed by atoms with Crippen molar-refractivity contribution in [2.45, 2.75) is 50.0 Å². The van der Waals surface area contributed by atoms with Crippen molar-refractivity contribution in [2.24, 2.45) is 5.92 Å². The number of hydrogen-bond donors (Lipinski definition) is 3. The van der Waals surface area contributed by atoms with Gasteiger partial charge in [0.05, 0.1) is 5.69 Å². The molecule has 0 bridgehead atoms. The van der Waals surface area contributed by atoms with Gasteiger partial charge in [0, 0.05) is 11.7 Å². The highest BCUT2D eigenvalue weighted by molar-refractivity contribution is 7.89. The van der Waals surface area contributed by atoms with Gasteiger partial charge in [0.25, 0.3) is 0 Å². The fraction of sp³-hybridized carbons (Fsp3) is 0.600. The van der Waals surface area contributed by atoms with Crippen LogP contribution in [-0.4, -0.2) is 21.5 Å². The van der Waals surface area contributed by atoms with Crippen molar-refractivity contribution in [1.29, 1.82) is 0 Å². The molecule has 1 aromatic carbocycles. The highest BCUT2D eigenvalue weighted by Crippen LogP contribution is 2.29. The highest BCUT2D eigenvalue weighted by Gasteiger charge is 2.21. The second-order valence-corrected chi connectivity index (χ2v) is 7.65. The van der Waals surface area contributed by atoms with Gasteiger partial charge in [0.15, 0.2) is 0 Å². The fourth-order valence-corrected chi connectivity index (χ4v) is 3.84. The number of sulfonamides is 1. The number of anilines is 2. The Morgan fingerprint density at radius 3 is 2.48 bits per heavy atom. The van der Waals surface area contributed by atoms with Crippen molar-refractivity contribution in [1.82, 2.24) is 4.72 Å². The minimum Gasteiger partial charge on any atom is -0.398 e. The summed E-state index contributed by atoms with van der Waals surface area (Å²) in [6.45, 7) is 2.18. The monoisotopic (exact) mass is 311 g/mol. The van der Waals surface area contributed by atoms with Gasteiger partial charge in [-0.1, -0.05) is 19.3 Å². The molecule has 0 saturated heterocycles. The lowest BCUT2D eigenvalue weighted by atomic mass is 9.84. The van der Waals surface area contributed by atoms with Gasteiger partial charge in [-0.25, -0.2) is 13.1 Å². The molecule has 1 aromatic rings. The van der Waals surface area contributed by atoms with E-state index in [4.69, 9.17) is 5.73 Å². The summed E-state index contributed by atoms with van der Waals surface area (Å²) in [6.07, 6.45) is 6.47. The first kappa shape index (κ1) is 16.1. The maximum atomic E-state index is 11.8. The Hall–Kier alpha value is -1.27. The van der Waals surface area contributed by atoms with E-state index in [2.05, 4.69) is 17.0 Å². The van der Waals surface area contributed by atoms with E-state index in [1.807, 2.05) is 0 Å². The normalized spacial score (nSPS) is 18.4. The SMILES string of the molecule is CNS(=O)(=O)c1ccc(NC(C)C2CCCCC2)cc1N. The van der Waals surface area contributed by atoms with E-state index < -0.39 is 10.0 Å². The summed E-state index contributed by atoms with van der Waals surface area (Å²) >= 11 is 0. The maximum Gasteiger partial charge on any atom is 0.242 e. The number of rotatable bonds is 5. The van der Waals surface area contributed by atoms with E-state index in [0.717, 1.165) is 5.69 Å². The summed E-state index contributed by atoms with van der Waals surface area (Å²) in [7, 11) is -2.12. The Morgan fingerprint density at radius 1 is 1.24 bits per heavy atom. The second-order valence-electron chi connectivity index (χ2n) is 5.79. The summed E-state index contributed by atoms with van der Waals surface area (Å²) < 4.78 is 25.9. The number of hydrogen-bond acceptors (Lipinski definition) is 4. The van der Waals surface area contributed by atoms with Crippen LogP contribution in [0.1, 0.15) is 39.0 Å². The molecule has 1 aliphatic carbocycles. The zero-order valence-electron chi connectivity index (χ0n) is 12.7. The average molecular weight is 311 g/mol. The molecule has 0 amide bonds. The molecular weight excluding hydrogens is 286 g/mol. The van der Waals surface area contributed by atoms with Gasteiger partial charge in [-0.15, -0.1) is 0 Å². The van der Waals surface area contributed by atoms with Crippen LogP contribution in [0.5, 0.6) is 0 Å². The first-order valence-corrected chi connectivity index (χ1v) is 9.02. The number of nitrogen functional groups attached to an aromatic ring is 1. The molecule has 1 saturated carbocycles. The number of benzene rings is 1. The van der Waals surface area contributed by atoms with Crippen LogP contribution in [0.25, 0.3) is 0 Å². The van der Waals surface area contributed by atoms with E-state index in [-0.39, 0.29) is 10.6 Å². The maximum absolute atomic E-state index is 11.8. The van der Waals surface area contributed by atoms with Gasteiger partial charge in [0.2, 0.25) is 10.0 Å². The average Bonchev–Trinajstić information content (AvgIpc) is 2.48. The molecule has 4 N–H and O–H groups in total. The van der Waals surface area contributed by atoms with Crippen LogP contribution in [0.4, 0.5) is 11.4 Å². The first-order valence-electron chi connectivity index (χ1n) is 7.53. The molecule has 0 aliphatic heterocycles. The molecule has 6 heteroatoms. The van der Waals surface area contributed by atoms with Crippen LogP contribution in [0.3, 0.4) is 0 Å². The molecule has 0 aromatic heterocycles. The van der Waals surface area contributed by atoms with Gasteiger partial charge in [0.1, 0.15) is 4.90 Å². The van der Waals surface area contributed by atoms with Crippen molar-refractivity contribution >= 4 is 21.4 Å². The Bertz CT molecular complexity index is 581. The highest BCUT2D eigenvalue weighted by atomic mass is 32.2. The topological polar surface area (TPSA) is 84.2 Å². The number of nitrogens with two attached hydrogens (primary N) is 1. The number of nitrogens with one attached hydrogen (secondary N) is 2. The Kier molecular flexibility index (Phi) is 5.11. The zero-order valence-corrected chi connectivity index (χ0v) is 13.5. The van der Waals surface area contributed by atoms with Crippen LogP contribution < -0.4 is 15.8 Å². The van der Waals surface area contributed by atoms with E-state index in [1.165, 1.54) is 39.2 Å². The first-order chi connectivity index (χ1) is 9.94. The lowest BCUT2D eigenvalue weighted by Crippen LogP contribution is -2.27. The zero-order chi connectivity index (χ0) is 15.5. The van der Waals surface area contributed by atoms with E-state index in [9.17, 15) is 8.42 Å². The largest absolute Gasteiger partial charge is 0.398 e. The summed E-state index contributed by atoms with van der Waals surface area (Å²) in [4.78, 5) is 0.126. The molecule has 0 heterocycles. The molecule has 0 radical (unpaired) electrons. The van der Waals surface area contributed by atoms with E-state index in [0.29, 0.717) is 12.0 Å². The molecule has 1 aliphatic rings. The molecule has 2 rings (SSSR count). The van der Waals surface area contributed by atoms with Gasteiger partial charge in [-0.2, -0.15) is 0 Å². The molecular formula is C15H25N3O2S. The minimum atomic E-state index is -3.50. The van der Waals surface area contributed by atoms with Crippen LogP contribution in [0.15, 0.2) is 23.1 Å². The third kappa shape index (κ3) is 3.89. The molecule has 5 nitrogen and oxygen atoms in total. The van der Waals surface area contributed by atoms with Gasteiger partial charge >= 0.3 is 0 Å². The third-order valence-electron chi connectivity index (χ3n) is 4.32. The lowest BCUT2D eigenvalue weighted by molar-refractivity contribution is 0.328. The van der Waals surface area contributed by atoms with E-state index in [1.54, 1.807) is 18.2 Å². The lowest BCUT2D eigenvalue weighted by Gasteiger charge is -2.29. The summed E-state index contributed by atoms with van der Waals surface area (Å²) in [5, 5.41) is 3.45. The minimum absolute atomic E-state index is 0.126. The van der Waals surface area contributed by atoms with Crippen molar-refractivity contribution in [3.8, 4) is 0 Å². The molecule has 1 unspecified atom stereocenters. The van der Waals surface area contributed by atoms with Crippen LogP contribution >= 0.6 is 0 Å². The van der Waals surface area contributed by atoms with Crippen molar-refractivity contribution in [3.05, 3.63) is 18.2 Å². The van der Waals surface area contributed by atoms with Crippen LogP contribution in [-0.2, 0) is 10.0 Å². The predicted octanol–water partition coefficient (Wildman–Crippen LogP) is 2.56. The van der Waals surface area contributed by atoms with Crippen molar-refractivity contribution in [2.75, 3.05) is 18.1 Å². The molecule has 21 heavy (non-hydrogen) atoms. The summed E-state index contributed by atoms with van der Waals surface area (Å²) in [5.74, 6) is 0.681. The Morgan fingerprint density at radius 2 is 1.90 bits per heavy atom. The predicted molar refractivity (Wildman–Crippen MR) is 86.8 cm³/mol. The van der Waals surface area contributed by atoms with Gasteiger partial charge < -0.3 is 11.1 Å². The van der Waals surface area contributed by atoms with Crippen LogP contribution in [0, 0.1) is 5.92 Å². The standard InChI is InChI=1S/C15H25N3O2S/c1-11(12-6-4-3-5-7-12)18-13-8-9-15(14(16)10-13)21(19,20)17-2/h8-12,17-18H,3-7,16H2,1-2H3. The molecule has 1 fully saturated rings. The fourth-order valence-electron chi connectivity index (χ4n) is 3.01. The van der Waals surface area contributed by atoms with Gasteiger partial charge in [-0.05, 0) is 50.9 Å².